The van der Waals surface area contributed by atoms with Gasteiger partial charge in [-0.1, -0.05) is 142 Å². The van der Waals surface area contributed by atoms with E-state index in [4.69, 9.17) is 4.43 Å². The lowest BCUT2D eigenvalue weighted by molar-refractivity contribution is 0.0877. The van der Waals surface area contributed by atoms with Crippen molar-refractivity contribution in [3.63, 3.8) is 0 Å². The molecule has 0 saturated carbocycles. The minimum atomic E-state index is -1.50. The van der Waals surface area contributed by atoms with Crippen molar-refractivity contribution in [3.8, 4) is 0 Å². The van der Waals surface area contributed by atoms with Gasteiger partial charge in [-0.2, -0.15) is 0 Å². The van der Waals surface area contributed by atoms with Gasteiger partial charge in [-0.05, 0) is 32.5 Å². The summed E-state index contributed by atoms with van der Waals surface area (Å²) in [6.45, 7) is 20.5. The van der Waals surface area contributed by atoms with Gasteiger partial charge in [-0.3, -0.25) is 0 Å². The molecule has 0 aromatic heterocycles. The second-order valence-electron chi connectivity index (χ2n) is 13.2. The maximum atomic E-state index is 6.98. The number of hydrogen-bond donors (Lipinski definition) is 0. The first kappa shape index (κ1) is 30.6. The summed E-state index contributed by atoms with van der Waals surface area (Å²) in [5.41, 5.74) is 0.198. The van der Waals surface area contributed by atoms with Gasteiger partial charge in [-0.25, -0.2) is 0 Å². The van der Waals surface area contributed by atoms with Crippen LogP contribution < -0.4 is 0 Å². The molecule has 1 atom stereocenters. The van der Waals surface area contributed by atoms with E-state index in [0.29, 0.717) is 0 Å². The Hall–Kier alpha value is 0.611. The predicted molar refractivity (Wildman–Crippen MR) is 156 cm³/mol. The van der Waals surface area contributed by atoms with Gasteiger partial charge in [0, 0.05) is 7.59 Å². The third-order valence-corrected chi connectivity index (χ3v) is 49.9. The van der Waals surface area contributed by atoms with E-state index >= 15 is 0 Å². The van der Waals surface area contributed by atoms with Crippen molar-refractivity contribution in [1.82, 2.24) is 0 Å². The van der Waals surface area contributed by atoms with Gasteiger partial charge in [0.1, 0.15) is 0 Å². The highest BCUT2D eigenvalue weighted by atomic mass is 29.6. The Bertz CT molecular complexity index is 467. The van der Waals surface area contributed by atoms with Crippen LogP contribution in [0.25, 0.3) is 0 Å². The zero-order valence-corrected chi connectivity index (χ0v) is 26.8. The van der Waals surface area contributed by atoms with Crippen LogP contribution >= 0.6 is 0 Å². The van der Waals surface area contributed by atoms with Crippen LogP contribution in [0.15, 0.2) is 0 Å². The van der Waals surface area contributed by atoms with Crippen LogP contribution in [0.5, 0.6) is 0 Å². The first-order valence-electron chi connectivity index (χ1n) is 14.7. The molecule has 0 bridgehead atoms. The van der Waals surface area contributed by atoms with E-state index in [2.05, 4.69) is 53.1 Å². The summed E-state index contributed by atoms with van der Waals surface area (Å²) >= 11 is 0. The van der Waals surface area contributed by atoms with E-state index < -0.39 is 22.5 Å². The quantitative estimate of drug-likeness (QED) is 0.135. The summed E-state index contributed by atoms with van der Waals surface area (Å²) in [6, 6.07) is 1.41. The lowest BCUT2D eigenvalue weighted by atomic mass is 9.99. The Kier molecular flexibility index (Phi) is 14.3. The van der Waals surface area contributed by atoms with Crippen molar-refractivity contribution >= 4 is 22.5 Å². The van der Waals surface area contributed by atoms with Gasteiger partial charge in [0.25, 0.3) is 0 Å². The monoisotopic (exact) mass is 498 g/mol. The fourth-order valence-corrected chi connectivity index (χ4v) is 36.9. The van der Waals surface area contributed by atoms with E-state index in [1.54, 1.807) is 0 Å². The van der Waals surface area contributed by atoms with E-state index in [1.165, 1.54) is 122 Å². The Morgan fingerprint density at radius 2 is 0.906 bits per heavy atom. The molecule has 0 aliphatic carbocycles. The van der Waals surface area contributed by atoms with Crippen LogP contribution in [-0.2, 0) is 4.43 Å². The molecule has 0 aromatic rings. The van der Waals surface area contributed by atoms with E-state index in [0.717, 1.165) is 0 Å². The molecular weight excluding hydrogens is 437 g/mol. The first-order valence-corrected chi connectivity index (χ1v) is 25.8. The zero-order chi connectivity index (χ0) is 24.1. The molecule has 0 N–H and O–H groups in total. The molecule has 0 aromatic carbocycles. The second kappa shape index (κ2) is 14.9. The summed E-state index contributed by atoms with van der Waals surface area (Å²) in [5.74, 6) is 0. The third-order valence-electron chi connectivity index (χ3n) is 9.32. The van der Waals surface area contributed by atoms with Crippen LogP contribution in [0, 0.1) is 0 Å². The summed E-state index contributed by atoms with van der Waals surface area (Å²) < 4.78 is 6.98. The van der Waals surface area contributed by atoms with Gasteiger partial charge < -0.3 is 4.43 Å². The molecule has 192 valence electrons. The number of rotatable bonds is 18. The molecule has 1 fully saturated rings. The largest absolute Gasteiger partial charge is 0.415 e. The Balaban J connectivity index is 1.99. The number of hydrogen-bond acceptors (Lipinski definition) is 1. The molecule has 0 spiro atoms. The van der Waals surface area contributed by atoms with Gasteiger partial charge in [0.05, 0.1) is 12.7 Å². The molecule has 1 aliphatic heterocycles. The van der Waals surface area contributed by atoms with Crippen LogP contribution in [0.4, 0.5) is 0 Å². The van der Waals surface area contributed by atoms with Gasteiger partial charge in [-0.15, -0.1) is 0 Å². The summed E-state index contributed by atoms with van der Waals surface area (Å²) in [4.78, 5) is 0. The van der Waals surface area contributed by atoms with Crippen molar-refractivity contribution in [1.29, 1.82) is 0 Å². The predicted octanol–water partition coefficient (Wildman–Crippen LogP) is 10.6. The third kappa shape index (κ3) is 10.5. The van der Waals surface area contributed by atoms with Crippen LogP contribution in [0.2, 0.25) is 45.3 Å². The summed E-state index contributed by atoms with van der Waals surface area (Å²) in [5, 5.41) is 0. The number of unbranched alkanes of at least 4 members (excludes halogenated alkanes) is 16. The molecule has 0 radical (unpaired) electrons. The Morgan fingerprint density at radius 3 is 1.25 bits per heavy atom. The smallest absolute Gasteiger partial charge is 0.172 e. The SMILES string of the molecule is CCCCCCCCCCCCCCCCCCCC1(C)C[Si](C)(C)[Si](C)(C)[Si](C)(C)O1. The maximum Gasteiger partial charge on any atom is 0.172 e. The van der Waals surface area contributed by atoms with Crippen molar-refractivity contribution in [3.05, 3.63) is 0 Å². The van der Waals surface area contributed by atoms with Gasteiger partial charge in [0.15, 0.2) is 7.83 Å². The van der Waals surface area contributed by atoms with Crippen molar-refractivity contribution in [2.24, 2.45) is 0 Å². The normalized spacial score (nSPS) is 24.0. The standard InChI is InChI=1S/C28H62OSi3/c1-9-10-11-12-13-14-15-16-17-18-19-20-21-22-23-24-25-26-28(2)27-30(3,4)32(7,8)31(5,6)29-28/h9-27H2,1-8H3. The topological polar surface area (TPSA) is 9.23 Å². The Morgan fingerprint density at radius 1 is 0.562 bits per heavy atom. The lowest BCUT2D eigenvalue weighted by Gasteiger charge is -2.58. The molecule has 1 rings (SSSR count). The average Bonchev–Trinajstić information content (AvgIpc) is 2.68. The molecule has 1 nitrogen and oxygen atoms in total. The fraction of sp³-hybridized carbons (Fsp3) is 1.00. The highest BCUT2D eigenvalue weighted by molar-refractivity contribution is 7.67. The summed E-state index contributed by atoms with van der Waals surface area (Å²) in [7, 11) is -3.80. The van der Waals surface area contributed by atoms with E-state index in [1.807, 2.05) is 0 Å². The molecule has 1 aliphatic rings. The van der Waals surface area contributed by atoms with Crippen LogP contribution in [-0.4, -0.2) is 28.1 Å². The molecular formula is C28H62OSi3. The van der Waals surface area contributed by atoms with E-state index in [9.17, 15) is 0 Å². The molecule has 1 heterocycles. The lowest BCUT2D eigenvalue weighted by Crippen LogP contribution is -2.78. The molecule has 1 saturated heterocycles. The van der Waals surface area contributed by atoms with Gasteiger partial charge in [0.2, 0.25) is 0 Å². The molecule has 1 unspecified atom stereocenters. The van der Waals surface area contributed by atoms with Crippen LogP contribution in [0.3, 0.4) is 0 Å². The van der Waals surface area contributed by atoms with Gasteiger partial charge >= 0.3 is 0 Å². The fourth-order valence-electron chi connectivity index (χ4n) is 6.11. The van der Waals surface area contributed by atoms with E-state index in [-0.39, 0.29) is 5.60 Å². The molecule has 0 amide bonds. The van der Waals surface area contributed by atoms with Crippen LogP contribution in [0.1, 0.15) is 129 Å². The van der Waals surface area contributed by atoms with Crippen molar-refractivity contribution in [2.45, 2.75) is 180 Å². The first-order chi connectivity index (χ1) is 15.0. The molecule has 4 heteroatoms. The average molecular weight is 499 g/mol. The minimum absolute atomic E-state index is 0.198. The summed E-state index contributed by atoms with van der Waals surface area (Å²) in [6.07, 6.45) is 26.0. The minimum Gasteiger partial charge on any atom is -0.415 e. The van der Waals surface area contributed by atoms with Crippen molar-refractivity contribution < 1.29 is 4.43 Å². The molecule has 32 heavy (non-hydrogen) atoms. The highest BCUT2D eigenvalue weighted by Crippen LogP contribution is 2.45. The Labute approximate surface area is 207 Å². The maximum absolute atomic E-state index is 6.98. The van der Waals surface area contributed by atoms with Crippen molar-refractivity contribution in [2.75, 3.05) is 0 Å². The zero-order valence-electron chi connectivity index (χ0n) is 23.8. The second-order valence-corrected chi connectivity index (χ2v) is 40.4. The highest BCUT2D eigenvalue weighted by Gasteiger charge is 2.61.